The summed E-state index contributed by atoms with van der Waals surface area (Å²) in [5.41, 5.74) is 0. The topological polar surface area (TPSA) is 15.3 Å². The molecule has 2 unspecified atom stereocenters. The highest BCUT2D eigenvalue weighted by molar-refractivity contribution is 4.77. The van der Waals surface area contributed by atoms with Gasteiger partial charge >= 0.3 is 6.18 Å². The van der Waals surface area contributed by atoms with E-state index in [9.17, 15) is 13.2 Å². The number of alkyl halides is 3. The van der Waals surface area contributed by atoms with Gasteiger partial charge in [0.2, 0.25) is 0 Å². The van der Waals surface area contributed by atoms with Crippen LogP contribution in [0.25, 0.3) is 0 Å². The van der Waals surface area contributed by atoms with Gasteiger partial charge in [0.05, 0.1) is 6.54 Å². The molecule has 0 aromatic carbocycles. The largest absolute Gasteiger partial charge is 0.401 e. The Morgan fingerprint density at radius 3 is 2.12 bits per heavy atom. The van der Waals surface area contributed by atoms with E-state index in [4.69, 9.17) is 0 Å². The van der Waals surface area contributed by atoms with Crippen molar-refractivity contribution in [1.29, 1.82) is 0 Å². The first-order chi connectivity index (χ1) is 7.84. The molecule has 2 nitrogen and oxygen atoms in total. The normalized spacial score (nSPS) is 16.2. The van der Waals surface area contributed by atoms with Crippen LogP contribution in [0.2, 0.25) is 0 Å². The molecule has 0 heterocycles. The molecule has 0 radical (unpaired) electrons. The van der Waals surface area contributed by atoms with Crippen molar-refractivity contribution in [3.8, 4) is 0 Å². The van der Waals surface area contributed by atoms with Crippen molar-refractivity contribution < 1.29 is 13.2 Å². The third kappa shape index (κ3) is 7.60. The molecule has 1 N–H and O–H groups in total. The summed E-state index contributed by atoms with van der Waals surface area (Å²) in [4.78, 5) is 1.46. The molecule has 104 valence electrons. The Morgan fingerprint density at radius 1 is 1.18 bits per heavy atom. The van der Waals surface area contributed by atoms with Gasteiger partial charge in [0.1, 0.15) is 0 Å². The summed E-state index contributed by atoms with van der Waals surface area (Å²) < 4.78 is 37.0. The lowest BCUT2D eigenvalue weighted by Crippen LogP contribution is -2.47. The van der Waals surface area contributed by atoms with Crippen LogP contribution in [-0.4, -0.2) is 43.3 Å². The van der Waals surface area contributed by atoms with Gasteiger partial charge < -0.3 is 5.32 Å². The zero-order chi connectivity index (χ0) is 13.5. The number of rotatable bonds is 8. The number of likely N-dealkylation sites (N-methyl/N-ethyl adjacent to an activating group) is 2. The second-order valence-corrected chi connectivity index (χ2v) is 4.49. The van der Waals surface area contributed by atoms with Crippen LogP contribution in [0.5, 0.6) is 0 Å². The van der Waals surface area contributed by atoms with Gasteiger partial charge in [-0.3, -0.25) is 4.90 Å². The molecule has 5 heteroatoms. The van der Waals surface area contributed by atoms with Gasteiger partial charge in [-0.1, -0.05) is 34.1 Å². The van der Waals surface area contributed by atoms with E-state index in [1.54, 1.807) is 6.92 Å². The quantitative estimate of drug-likeness (QED) is 0.716. The second kappa shape index (κ2) is 7.93. The van der Waals surface area contributed by atoms with Crippen LogP contribution in [0.4, 0.5) is 13.2 Å². The number of hydrogen-bond donors (Lipinski definition) is 1. The molecule has 2 atom stereocenters. The van der Waals surface area contributed by atoms with Gasteiger partial charge in [-0.15, -0.1) is 0 Å². The molecule has 0 aromatic heterocycles. The number of nitrogens with zero attached hydrogens (tertiary/aromatic N) is 1. The van der Waals surface area contributed by atoms with Crippen molar-refractivity contribution in [2.45, 2.75) is 46.3 Å². The fourth-order valence-electron chi connectivity index (χ4n) is 1.83. The molecule has 0 aliphatic rings. The summed E-state index contributed by atoms with van der Waals surface area (Å²) in [6.07, 6.45) is -3.14. The minimum absolute atomic E-state index is 0.132. The average molecular weight is 254 g/mol. The Hall–Kier alpha value is -0.290. The molecule has 0 spiro atoms. The maximum atomic E-state index is 12.3. The summed E-state index contributed by atoms with van der Waals surface area (Å²) in [6, 6.07) is 0.132. The van der Waals surface area contributed by atoms with Gasteiger partial charge in [0, 0.05) is 12.6 Å². The van der Waals surface area contributed by atoms with Gasteiger partial charge in [-0.25, -0.2) is 0 Å². The van der Waals surface area contributed by atoms with E-state index in [2.05, 4.69) is 19.2 Å². The molecule has 0 bridgehead atoms. The first kappa shape index (κ1) is 16.7. The highest BCUT2D eigenvalue weighted by Crippen LogP contribution is 2.17. The van der Waals surface area contributed by atoms with Crippen LogP contribution in [0.1, 0.15) is 34.1 Å². The Morgan fingerprint density at radius 2 is 1.76 bits per heavy atom. The van der Waals surface area contributed by atoms with E-state index in [-0.39, 0.29) is 6.04 Å². The standard InChI is InChI=1S/C12H25F3N2/c1-5-10(4)11(16-6-2)8-17(7-3)9-12(13,14)15/h10-11,16H,5-9H2,1-4H3. The smallest absolute Gasteiger partial charge is 0.313 e. The predicted molar refractivity (Wildman–Crippen MR) is 65.1 cm³/mol. The van der Waals surface area contributed by atoms with Gasteiger partial charge in [-0.05, 0) is 19.0 Å². The molecule has 0 aliphatic carbocycles. The second-order valence-electron chi connectivity index (χ2n) is 4.49. The molecule has 0 amide bonds. The lowest BCUT2D eigenvalue weighted by molar-refractivity contribution is -0.146. The van der Waals surface area contributed by atoms with Gasteiger partial charge in [0.15, 0.2) is 0 Å². The lowest BCUT2D eigenvalue weighted by atomic mass is 9.98. The number of nitrogens with one attached hydrogen (secondary N) is 1. The zero-order valence-corrected chi connectivity index (χ0v) is 11.3. The third-order valence-corrected chi connectivity index (χ3v) is 3.10. The first-order valence-corrected chi connectivity index (χ1v) is 6.36. The van der Waals surface area contributed by atoms with E-state index < -0.39 is 12.7 Å². The SMILES string of the molecule is CCNC(CN(CC)CC(F)(F)F)C(C)CC. The van der Waals surface area contributed by atoms with Crippen LogP contribution in [0.3, 0.4) is 0 Å². The maximum absolute atomic E-state index is 12.3. The Balaban J connectivity index is 4.37. The summed E-state index contributed by atoms with van der Waals surface area (Å²) in [5, 5.41) is 3.27. The molecule has 17 heavy (non-hydrogen) atoms. The van der Waals surface area contributed by atoms with Gasteiger partial charge in [0.25, 0.3) is 0 Å². The summed E-state index contributed by atoms with van der Waals surface area (Å²) >= 11 is 0. The minimum Gasteiger partial charge on any atom is -0.313 e. The van der Waals surface area contributed by atoms with Crippen molar-refractivity contribution in [2.24, 2.45) is 5.92 Å². The van der Waals surface area contributed by atoms with E-state index in [0.29, 0.717) is 19.0 Å². The van der Waals surface area contributed by atoms with Crippen LogP contribution in [0, 0.1) is 5.92 Å². The van der Waals surface area contributed by atoms with Crippen LogP contribution in [0.15, 0.2) is 0 Å². The van der Waals surface area contributed by atoms with Crippen LogP contribution < -0.4 is 5.32 Å². The van der Waals surface area contributed by atoms with Crippen LogP contribution >= 0.6 is 0 Å². The Labute approximate surface area is 103 Å². The minimum atomic E-state index is -4.11. The van der Waals surface area contributed by atoms with E-state index in [0.717, 1.165) is 13.0 Å². The molecular weight excluding hydrogens is 229 g/mol. The van der Waals surface area contributed by atoms with Crippen molar-refractivity contribution in [1.82, 2.24) is 10.2 Å². The van der Waals surface area contributed by atoms with Crippen LogP contribution in [-0.2, 0) is 0 Å². The molecule has 0 fully saturated rings. The van der Waals surface area contributed by atoms with Crippen molar-refractivity contribution >= 4 is 0 Å². The number of halogens is 3. The van der Waals surface area contributed by atoms with E-state index >= 15 is 0 Å². The average Bonchev–Trinajstić information content (AvgIpc) is 2.24. The highest BCUT2D eigenvalue weighted by Gasteiger charge is 2.31. The molecular formula is C12H25F3N2. The molecule has 0 saturated carbocycles. The van der Waals surface area contributed by atoms with Crippen molar-refractivity contribution in [3.05, 3.63) is 0 Å². The van der Waals surface area contributed by atoms with Crippen molar-refractivity contribution in [3.63, 3.8) is 0 Å². The summed E-state index contributed by atoms with van der Waals surface area (Å²) in [6.45, 7) is 8.75. The fourth-order valence-corrected chi connectivity index (χ4v) is 1.83. The predicted octanol–water partition coefficient (Wildman–Crippen LogP) is 2.89. The van der Waals surface area contributed by atoms with E-state index in [1.165, 1.54) is 4.90 Å². The van der Waals surface area contributed by atoms with Crippen molar-refractivity contribution in [2.75, 3.05) is 26.2 Å². The lowest BCUT2D eigenvalue weighted by Gasteiger charge is -2.31. The summed E-state index contributed by atoms with van der Waals surface area (Å²) in [5.74, 6) is 0.386. The molecule has 0 aromatic rings. The monoisotopic (exact) mass is 254 g/mol. The Bertz CT molecular complexity index is 195. The Kier molecular flexibility index (Phi) is 7.79. The molecule has 0 rings (SSSR count). The molecule has 0 saturated heterocycles. The van der Waals surface area contributed by atoms with E-state index in [1.807, 2.05) is 6.92 Å². The fraction of sp³-hybridized carbons (Fsp3) is 1.00. The maximum Gasteiger partial charge on any atom is 0.401 e. The van der Waals surface area contributed by atoms with Gasteiger partial charge in [-0.2, -0.15) is 13.2 Å². The molecule has 0 aliphatic heterocycles. The first-order valence-electron chi connectivity index (χ1n) is 6.36. The zero-order valence-electron chi connectivity index (χ0n) is 11.3. The number of hydrogen-bond acceptors (Lipinski definition) is 2. The summed E-state index contributed by atoms with van der Waals surface area (Å²) in [7, 11) is 0. The third-order valence-electron chi connectivity index (χ3n) is 3.10. The highest BCUT2D eigenvalue weighted by atomic mass is 19.4.